The molecule has 0 spiro atoms. The first-order valence-corrected chi connectivity index (χ1v) is 6.54. The van der Waals surface area contributed by atoms with Gasteiger partial charge in [0.25, 0.3) is 5.69 Å². The number of benzene rings is 2. The third-order valence-corrected chi connectivity index (χ3v) is 3.22. The Bertz CT molecular complexity index is 655. The molecule has 0 amide bonds. The van der Waals surface area contributed by atoms with E-state index in [1.165, 1.54) is 24.3 Å². The molecule has 21 heavy (non-hydrogen) atoms. The van der Waals surface area contributed by atoms with E-state index in [-0.39, 0.29) is 24.7 Å². The molecule has 0 aliphatic carbocycles. The van der Waals surface area contributed by atoms with Crippen molar-refractivity contribution in [1.82, 2.24) is 0 Å². The van der Waals surface area contributed by atoms with Gasteiger partial charge in [-0.25, -0.2) is 0 Å². The summed E-state index contributed by atoms with van der Waals surface area (Å²) in [5.41, 5.74) is 1.12. The average Bonchev–Trinajstić information content (AvgIpc) is 2.49. The van der Waals surface area contributed by atoms with E-state index in [2.05, 4.69) is 0 Å². The van der Waals surface area contributed by atoms with Crippen LogP contribution >= 0.6 is 11.6 Å². The Morgan fingerprint density at radius 3 is 2.43 bits per heavy atom. The summed E-state index contributed by atoms with van der Waals surface area (Å²) in [4.78, 5) is 21.9. The summed E-state index contributed by atoms with van der Waals surface area (Å²) < 4.78 is 5.33. The van der Waals surface area contributed by atoms with Crippen molar-refractivity contribution in [1.29, 1.82) is 0 Å². The van der Waals surface area contributed by atoms with Gasteiger partial charge in [0.05, 0.1) is 11.5 Å². The van der Waals surface area contributed by atoms with Gasteiger partial charge in [-0.15, -0.1) is 0 Å². The first kappa shape index (κ1) is 15.2. The molecular formula is C15H12ClNO4. The van der Waals surface area contributed by atoms with Crippen molar-refractivity contribution in [2.45, 2.75) is 6.61 Å². The highest BCUT2D eigenvalue weighted by atomic mass is 35.5. The number of non-ortho nitro benzene ring substituents is 1. The predicted octanol–water partition coefficient (Wildman–Crippen LogP) is 3.65. The number of carbonyl (C=O) groups excluding carboxylic acids is 1. The van der Waals surface area contributed by atoms with Crippen LogP contribution in [0.5, 0.6) is 0 Å². The van der Waals surface area contributed by atoms with Crippen molar-refractivity contribution in [3.8, 4) is 0 Å². The Balaban J connectivity index is 1.90. The highest BCUT2D eigenvalue weighted by Crippen LogP contribution is 2.16. The normalized spacial score (nSPS) is 10.3. The first-order valence-electron chi connectivity index (χ1n) is 6.17. The quantitative estimate of drug-likeness (QED) is 0.464. The molecule has 0 atom stereocenters. The maximum absolute atomic E-state index is 11.9. The summed E-state index contributed by atoms with van der Waals surface area (Å²) in [5.74, 6) is -0.239. The van der Waals surface area contributed by atoms with Crippen LogP contribution < -0.4 is 0 Å². The maximum Gasteiger partial charge on any atom is 0.269 e. The molecule has 0 N–H and O–H groups in total. The predicted molar refractivity (Wildman–Crippen MR) is 78.5 cm³/mol. The third-order valence-electron chi connectivity index (χ3n) is 2.85. The number of Topliss-reactive ketones (excluding diaryl/α,β-unsaturated/α-hetero) is 1. The van der Waals surface area contributed by atoms with E-state index in [9.17, 15) is 14.9 Å². The average molecular weight is 306 g/mol. The molecule has 2 aromatic rings. The van der Waals surface area contributed by atoms with Gasteiger partial charge in [-0.2, -0.15) is 0 Å². The molecule has 0 aliphatic heterocycles. The molecule has 5 nitrogen and oxygen atoms in total. The molecule has 0 unspecified atom stereocenters. The Morgan fingerprint density at radius 1 is 1.14 bits per heavy atom. The second-order valence-corrected chi connectivity index (χ2v) is 4.72. The molecule has 0 aromatic heterocycles. The van der Waals surface area contributed by atoms with E-state index in [0.29, 0.717) is 10.6 Å². The van der Waals surface area contributed by atoms with Crippen molar-refractivity contribution in [2.24, 2.45) is 0 Å². The summed E-state index contributed by atoms with van der Waals surface area (Å²) in [5, 5.41) is 11.1. The van der Waals surface area contributed by atoms with Crippen LogP contribution in [0.1, 0.15) is 15.9 Å². The standard InChI is InChI=1S/C15H12ClNO4/c16-14-4-2-1-3-12(14)9-21-10-15(18)11-5-7-13(8-6-11)17(19)20/h1-8H,9-10H2. The van der Waals surface area contributed by atoms with E-state index < -0.39 is 4.92 Å². The smallest absolute Gasteiger partial charge is 0.269 e. The van der Waals surface area contributed by atoms with Crippen LogP contribution in [-0.4, -0.2) is 17.3 Å². The van der Waals surface area contributed by atoms with Gasteiger partial charge in [-0.1, -0.05) is 29.8 Å². The fraction of sp³-hybridized carbons (Fsp3) is 0.133. The molecule has 0 saturated heterocycles. The number of hydrogen-bond acceptors (Lipinski definition) is 4. The van der Waals surface area contributed by atoms with Crippen LogP contribution in [0.15, 0.2) is 48.5 Å². The number of rotatable bonds is 6. The van der Waals surface area contributed by atoms with Crippen molar-refractivity contribution in [2.75, 3.05) is 6.61 Å². The number of ether oxygens (including phenoxy) is 1. The fourth-order valence-electron chi connectivity index (χ4n) is 1.72. The van der Waals surface area contributed by atoms with Gasteiger partial charge < -0.3 is 4.74 Å². The Kier molecular flexibility index (Phi) is 5.03. The zero-order valence-electron chi connectivity index (χ0n) is 11.0. The van der Waals surface area contributed by atoms with Gasteiger partial charge >= 0.3 is 0 Å². The lowest BCUT2D eigenvalue weighted by atomic mass is 10.1. The molecule has 0 bridgehead atoms. The van der Waals surface area contributed by atoms with Crippen molar-refractivity contribution >= 4 is 23.1 Å². The lowest BCUT2D eigenvalue weighted by Crippen LogP contribution is -2.09. The van der Waals surface area contributed by atoms with E-state index >= 15 is 0 Å². The largest absolute Gasteiger partial charge is 0.369 e. The van der Waals surface area contributed by atoms with Gasteiger partial charge in [0.1, 0.15) is 6.61 Å². The number of nitro groups is 1. The molecule has 0 radical (unpaired) electrons. The molecule has 0 fully saturated rings. The van der Waals surface area contributed by atoms with Crippen molar-refractivity contribution in [3.05, 3.63) is 74.8 Å². The third kappa shape index (κ3) is 4.11. The summed E-state index contributed by atoms with van der Waals surface area (Å²) in [6.07, 6.45) is 0. The van der Waals surface area contributed by atoms with Gasteiger partial charge in [-0.3, -0.25) is 14.9 Å². The molecule has 6 heteroatoms. The van der Waals surface area contributed by atoms with Gasteiger partial charge in [0, 0.05) is 22.7 Å². The van der Waals surface area contributed by atoms with E-state index in [0.717, 1.165) is 5.56 Å². The number of ketones is 1. The zero-order valence-corrected chi connectivity index (χ0v) is 11.7. The molecular weight excluding hydrogens is 294 g/mol. The monoisotopic (exact) mass is 305 g/mol. The van der Waals surface area contributed by atoms with Crippen molar-refractivity contribution < 1.29 is 14.5 Å². The minimum Gasteiger partial charge on any atom is -0.369 e. The number of halogens is 1. The van der Waals surface area contributed by atoms with Gasteiger partial charge in [-0.05, 0) is 23.8 Å². The van der Waals surface area contributed by atoms with Crippen LogP contribution in [-0.2, 0) is 11.3 Å². The second-order valence-electron chi connectivity index (χ2n) is 4.31. The SMILES string of the molecule is O=C(COCc1ccccc1Cl)c1ccc([N+](=O)[O-])cc1. The Labute approximate surface area is 126 Å². The van der Waals surface area contributed by atoms with Crippen molar-refractivity contribution in [3.63, 3.8) is 0 Å². The highest BCUT2D eigenvalue weighted by Gasteiger charge is 2.10. The first-order chi connectivity index (χ1) is 10.1. The van der Waals surface area contributed by atoms with E-state index in [1.54, 1.807) is 6.07 Å². The lowest BCUT2D eigenvalue weighted by Gasteiger charge is -2.05. The number of hydrogen-bond donors (Lipinski definition) is 0. The number of nitro benzene ring substituents is 1. The number of nitrogens with zero attached hydrogens (tertiary/aromatic N) is 1. The second kappa shape index (κ2) is 6.97. The minimum atomic E-state index is -0.512. The molecule has 0 heterocycles. The molecule has 108 valence electrons. The van der Waals surface area contributed by atoms with Crippen LogP contribution in [0.4, 0.5) is 5.69 Å². The maximum atomic E-state index is 11.9. The zero-order chi connectivity index (χ0) is 15.2. The Morgan fingerprint density at radius 2 is 1.81 bits per heavy atom. The van der Waals surface area contributed by atoms with Crippen LogP contribution in [0.3, 0.4) is 0 Å². The molecule has 2 aromatic carbocycles. The fourth-order valence-corrected chi connectivity index (χ4v) is 1.91. The summed E-state index contributed by atoms with van der Waals surface area (Å²) in [6.45, 7) is 0.126. The van der Waals surface area contributed by atoms with Crippen LogP contribution in [0.2, 0.25) is 5.02 Å². The molecule has 0 aliphatic rings. The number of carbonyl (C=O) groups is 1. The van der Waals surface area contributed by atoms with Crippen LogP contribution in [0.25, 0.3) is 0 Å². The van der Waals surface area contributed by atoms with E-state index in [1.807, 2.05) is 18.2 Å². The Hall–Kier alpha value is -2.24. The summed E-state index contributed by atoms with van der Waals surface area (Å²) in [6, 6.07) is 12.6. The summed E-state index contributed by atoms with van der Waals surface area (Å²) in [7, 11) is 0. The highest BCUT2D eigenvalue weighted by molar-refractivity contribution is 6.31. The summed E-state index contributed by atoms with van der Waals surface area (Å²) >= 11 is 5.97. The lowest BCUT2D eigenvalue weighted by molar-refractivity contribution is -0.384. The minimum absolute atomic E-state index is 0.0523. The van der Waals surface area contributed by atoms with Gasteiger partial charge in [0.2, 0.25) is 0 Å². The molecule has 0 saturated carbocycles. The topological polar surface area (TPSA) is 69.4 Å². The van der Waals surface area contributed by atoms with Crippen LogP contribution in [0, 0.1) is 10.1 Å². The van der Waals surface area contributed by atoms with Gasteiger partial charge in [0.15, 0.2) is 5.78 Å². The van der Waals surface area contributed by atoms with E-state index in [4.69, 9.17) is 16.3 Å². The molecule has 2 rings (SSSR count).